The van der Waals surface area contributed by atoms with Crippen LogP contribution in [0.3, 0.4) is 0 Å². The molecule has 1 aromatic carbocycles. The first-order valence-electron chi connectivity index (χ1n) is 3.66. The standard InChI is InChI=1S/C9H11.Na/c1-7-5-4-6-8(2)9(7)3;/h4-5H,1-3H3;. The van der Waals surface area contributed by atoms with Crippen molar-refractivity contribution >= 4 is 30.7 Å². The topological polar surface area (TPSA) is 0 Å². The Balaban J connectivity index is 3.34. The number of aryl methyl sites for hydroxylation is 1. The Hall–Kier alpha value is 0.220. The summed E-state index contributed by atoms with van der Waals surface area (Å²) in [6.07, 6.45) is 0. The van der Waals surface area contributed by atoms with E-state index in [9.17, 15) is 0 Å². The van der Waals surface area contributed by atoms with Gasteiger partial charge in [-0.1, -0.05) is 0 Å². The fourth-order valence-electron chi connectivity index (χ4n) is 1.09. The molecule has 0 bridgehead atoms. The summed E-state index contributed by atoms with van der Waals surface area (Å²) in [5.74, 6) is 0. The van der Waals surface area contributed by atoms with Gasteiger partial charge in [-0.25, -0.2) is 0 Å². The van der Waals surface area contributed by atoms with Crippen LogP contribution in [-0.2, 0) is 0 Å². The van der Waals surface area contributed by atoms with Gasteiger partial charge in [0.05, 0.1) is 0 Å². The van der Waals surface area contributed by atoms with Crippen molar-refractivity contribution in [2.45, 2.75) is 20.8 Å². The van der Waals surface area contributed by atoms with Crippen molar-refractivity contribution in [3.63, 3.8) is 0 Å². The first kappa shape index (κ1) is 8.32. The normalized spacial score (nSPS) is 10.1. The van der Waals surface area contributed by atoms with E-state index in [1.807, 2.05) is 0 Å². The van der Waals surface area contributed by atoms with Crippen LogP contribution in [0, 0.1) is 20.8 Å². The van der Waals surface area contributed by atoms with E-state index in [0.29, 0.717) is 0 Å². The van der Waals surface area contributed by atoms with Crippen LogP contribution in [0.2, 0.25) is 0 Å². The summed E-state index contributed by atoms with van der Waals surface area (Å²) in [4.78, 5) is 0. The Morgan fingerprint density at radius 3 is 2.10 bits per heavy atom. The maximum atomic E-state index is 2.24. The molecule has 0 saturated carbocycles. The van der Waals surface area contributed by atoms with Gasteiger partial charge in [0, 0.05) is 0 Å². The molecule has 0 aliphatic heterocycles. The van der Waals surface area contributed by atoms with Crippen molar-refractivity contribution < 1.29 is 0 Å². The molecule has 48 valence electrons. The fourth-order valence-corrected chi connectivity index (χ4v) is 1.63. The molecule has 0 saturated heterocycles. The molecule has 0 fully saturated rings. The van der Waals surface area contributed by atoms with E-state index >= 15 is 0 Å². The zero-order valence-corrected chi connectivity index (χ0v) is 9.15. The number of rotatable bonds is 0. The van der Waals surface area contributed by atoms with E-state index in [4.69, 9.17) is 0 Å². The third kappa shape index (κ3) is 1.45. The van der Waals surface area contributed by atoms with Crippen LogP contribution >= 0.6 is 0 Å². The Kier molecular flexibility index (Phi) is 2.56. The van der Waals surface area contributed by atoms with Crippen LogP contribution in [0.25, 0.3) is 0 Å². The van der Waals surface area contributed by atoms with E-state index in [0.717, 1.165) is 0 Å². The van der Waals surface area contributed by atoms with E-state index in [1.54, 1.807) is 0 Å². The van der Waals surface area contributed by atoms with E-state index in [1.165, 1.54) is 47.4 Å². The van der Waals surface area contributed by atoms with Gasteiger partial charge in [-0.3, -0.25) is 0 Å². The summed E-state index contributed by atoms with van der Waals surface area (Å²) in [6, 6.07) is 4.45. The summed E-state index contributed by atoms with van der Waals surface area (Å²) < 4.78 is 1.53. The quantitative estimate of drug-likeness (QED) is 0.480. The van der Waals surface area contributed by atoms with Crippen LogP contribution in [-0.4, -0.2) is 27.9 Å². The Morgan fingerprint density at radius 1 is 1.00 bits per heavy atom. The van der Waals surface area contributed by atoms with Gasteiger partial charge >= 0.3 is 80.3 Å². The summed E-state index contributed by atoms with van der Waals surface area (Å²) in [7, 11) is 0. The maximum absolute atomic E-state index is 2.24. The van der Waals surface area contributed by atoms with Crippen LogP contribution in [0.5, 0.6) is 0 Å². The van der Waals surface area contributed by atoms with Crippen molar-refractivity contribution in [2.75, 3.05) is 0 Å². The van der Waals surface area contributed by atoms with Gasteiger partial charge in [-0.15, -0.1) is 0 Å². The zero-order valence-electron chi connectivity index (χ0n) is 7.15. The minimum absolute atomic E-state index is 1.17. The second-order valence-electron chi connectivity index (χ2n) is 2.95. The van der Waals surface area contributed by atoms with Crippen molar-refractivity contribution in [2.24, 2.45) is 0 Å². The van der Waals surface area contributed by atoms with E-state index in [-0.39, 0.29) is 0 Å². The van der Waals surface area contributed by atoms with Gasteiger partial charge in [0.2, 0.25) is 0 Å². The molecule has 0 heterocycles. The SMILES string of the molecule is Cc1cc[c]([Na])c(C)c1C. The first-order chi connectivity index (χ1) is 4.63. The van der Waals surface area contributed by atoms with Crippen molar-refractivity contribution in [1.29, 1.82) is 0 Å². The molecule has 0 N–H and O–H groups in total. The molecule has 0 radical (unpaired) electrons. The summed E-state index contributed by atoms with van der Waals surface area (Å²) in [6.45, 7) is 6.58. The van der Waals surface area contributed by atoms with Gasteiger partial charge in [0.25, 0.3) is 0 Å². The van der Waals surface area contributed by atoms with Gasteiger partial charge in [-0.2, -0.15) is 0 Å². The number of hydrogen-bond acceptors (Lipinski definition) is 0. The summed E-state index contributed by atoms with van der Waals surface area (Å²) in [5.41, 5.74) is 4.37. The van der Waals surface area contributed by atoms with Gasteiger partial charge in [0.1, 0.15) is 0 Å². The molecule has 0 aliphatic carbocycles. The molecule has 10 heavy (non-hydrogen) atoms. The monoisotopic (exact) mass is 142 g/mol. The third-order valence-electron chi connectivity index (χ3n) is 2.33. The molecule has 1 rings (SSSR count). The average molecular weight is 142 g/mol. The number of benzene rings is 1. The average Bonchev–Trinajstić information content (AvgIpc) is 1.93. The fraction of sp³-hybridized carbons (Fsp3) is 0.333. The van der Waals surface area contributed by atoms with Crippen LogP contribution in [0.4, 0.5) is 0 Å². The molecular formula is C9H11Na. The Morgan fingerprint density at radius 2 is 1.60 bits per heavy atom. The number of hydrogen-bond donors (Lipinski definition) is 0. The van der Waals surface area contributed by atoms with Crippen LogP contribution in [0.1, 0.15) is 16.7 Å². The Bertz CT molecular complexity index is 224. The predicted octanol–water partition coefficient (Wildman–Crippen LogP) is 1.41. The van der Waals surface area contributed by atoms with Crippen molar-refractivity contribution in [1.82, 2.24) is 0 Å². The van der Waals surface area contributed by atoms with E-state index < -0.39 is 0 Å². The molecule has 0 spiro atoms. The molecule has 0 aromatic heterocycles. The molecule has 1 heteroatoms. The van der Waals surface area contributed by atoms with E-state index in [2.05, 4.69) is 32.9 Å². The third-order valence-corrected chi connectivity index (χ3v) is 3.41. The molecule has 0 nitrogen and oxygen atoms in total. The molecule has 0 aliphatic rings. The van der Waals surface area contributed by atoms with Crippen molar-refractivity contribution in [3.05, 3.63) is 28.8 Å². The van der Waals surface area contributed by atoms with Crippen molar-refractivity contribution in [3.8, 4) is 0 Å². The zero-order chi connectivity index (χ0) is 7.72. The molecule has 0 amide bonds. The predicted molar refractivity (Wildman–Crippen MR) is 46.0 cm³/mol. The summed E-state index contributed by atoms with van der Waals surface area (Å²) in [5, 5.41) is 0. The van der Waals surface area contributed by atoms with Gasteiger partial charge in [-0.05, 0) is 0 Å². The van der Waals surface area contributed by atoms with Gasteiger partial charge < -0.3 is 0 Å². The van der Waals surface area contributed by atoms with Crippen LogP contribution in [0.15, 0.2) is 12.1 Å². The van der Waals surface area contributed by atoms with Crippen LogP contribution < -0.4 is 2.81 Å². The molecule has 1 aromatic rings. The second-order valence-corrected chi connectivity index (χ2v) is 4.03. The first-order valence-corrected chi connectivity index (χ1v) is 4.66. The second kappa shape index (κ2) is 3.08. The minimum atomic E-state index is 1.17. The van der Waals surface area contributed by atoms with Gasteiger partial charge in [0.15, 0.2) is 0 Å². The molecule has 0 atom stereocenters. The summed E-state index contributed by atoms with van der Waals surface area (Å²) >= 11 is 1.17. The Labute approximate surface area is 80.1 Å². The molecule has 0 unspecified atom stereocenters. The molecular weight excluding hydrogens is 131 g/mol.